The summed E-state index contributed by atoms with van der Waals surface area (Å²) in [5.74, 6) is 1.57. The van der Waals surface area contributed by atoms with Crippen molar-refractivity contribution in [2.75, 3.05) is 43.6 Å². The van der Waals surface area contributed by atoms with Crippen LogP contribution in [0.5, 0.6) is 11.5 Å². The molecule has 0 fully saturated rings. The Morgan fingerprint density at radius 3 is 2.67 bits per heavy atom. The van der Waals surface area contributed by atoms with E-state index in [9.17, 15) is 0 Å². The Labute approximate surface area is 125 Å². The molecule has 0 radical (unpaired) electrons. The lowest BCUT2D eigenvalue weighted by molar-refractivity contribution is 0.299. The Morgan fingerprint density at radius 1 is 1.05 bits per heavy atom. The molecule has 1 aliphatic rings. The van der Waals surface area contributed by atoms with Gasteiger partial charge in [0.2, 0.25) is 0 Å². The lowest BCUT2D eigenvalue weighted by Crippen LogP contribution is -2.36. The number of para-hydroxylation sites is 4. The fourth-order valence-corrected chi connectivity index (χ4v) is 2.58. The van der Waals surface area contributed by atoms with Crippen molar-refractivity contribution in [2.24, 2.45) is 0 Å². The number of benzene rings is 2. The van der Waals surface area contributed by atoms with E-state index in [0.717, 1.165) is 31.1 Å². The second-order valence-electron chi connectivity index (χ2n) is 4.93. The summed E-state index contributed by atoms with van der Waals surface area (Å²) in [7, 11) is 1.66. The minimum absolute atomic E-state index is 0.634. The number of rotatable bonds is 5. The van der Waals surface area contributed by atoms with Crippen LogP contribution in [0.25, 0.3) is 0 Å². The van der Waals surface area contributed by atoms with Gasteiger partial charge in [0.15, 0.2) is 11.5 Å². The first kappa shape index (κ1) is 13.6. The standard InChI is InChI=1S/C17H20N2O2/c1-20-16-8-4-5-9-17(16)21-13-12-19-11-10-18-14-6-2-3-7-15(14)19/h2-9,18H,10-13H2,1H3. The van der Waals surface area contributed by atoms with E-state index in [1.807, 2.05) is 24.3 Å². The minimum atomic E-state index is 0.634. The summed E-state index contributed by atoms with van der Waals surface area (Å²) < 4.78 is 11.2. The summed E-state index contributed by atoms with van der Waals surface area (Å²) in [6, 6.07) is 16.1. The van der Waals surface area contributed by atoms with Gasteiger partial charge in [-0.1, -0.05) is 24.3 Å². The largest absolute Gasteiger partial charge is 0.493 e. The molecule has 0 amide bonds. The molecular weight excluding hydrogens is 264 g/mol. The fraction of sp³-hybridized carbons (Fsp3) is 0.294. The van der Waals surface area contributed by atoms with Gasteiger partial charge in [-0.15, -0.1) is 0 Å². The van der Waals surface area contributed by atoms with Crippen LogP contribution >= 0.6 is 0 Å². The van der Waals surface area contributed by atoms with E-state index in [1.54, 1.807) is 7.11 Å². The van der Waals surface area contributed by atoms with Crippen molar-refractivity contribution < 1.29 is 9.47 Å². The highest BCUT2D eigenvalue weighted by molar-refractivity contribution is 5.71. The van der Waals surface area contributed by atoms with Crippen molar-refractivity contribution in [1.29, 1.82) is 0 Å². The summed E-state index contributed by atoms with van der Waals surface area (Å²) in [5.41, 5.74) is 2.44. The molecule has 4 nitrogen and oxygen atoms in total. The molecule has 0 saturated carbocycles. The van der Waals surface area contributed by atoms with E-state index in [2.05, 4.69) is 34.5 Å². The molecule has 0 aliphatic carbocycles. The molecule has 110 valence electrons. The highest BCUT2D eigenvalue weighted by Gasteiger charge is 2.15. The number of fused-ring (bicyclic) bond motifs is 1. The van der Waals surface area contributed by atoms with E-state index >= 15 is 0 Å². The van der Waals surface area contributed by atoms with Gasteiger partial charge in [-0.2, -0.15) is 0 Å². The molecule has 0 unspecified atom stereocenters. The van der Waals surface area contributed by atoms with Crippen molar-refractivity contribution >= 4 is 11.4 Å². The van der Waals surface area contributed by atoms with Gasteiger partial charge in [-0.05, 0) is 24.3 Å². The van der Waals surface area contributed by atoms with Crippen molar-refractivity contribution in [3.8, 4) is 11.5 Å². The molecule has 1 heterocycles. The highest BCUT2D eigenvalue weighted by Crippen LogP contribution is 2.29. The fourth-order valence-electron chi connectivity index (χ4n) is 2.58. The zero-order valence-corrected chi connectivity index (χ0v) is 12.2. The van der Waals surface area contributed by atoms with Gasteiger partial charge >= 0.3 is 0 Å². The zero-order valence-electron chi connectivity index (χ0n) is 12.2. The first-order valence-electron chi connectivity index (χ1n) is 7.22. The van der Waals surface area contributed by atoms with Crippen molar-refractivity contribution in [3.05, 3.63) is 48.5 Å². The molecule has 0 aromatic heterocycles. The van der Waals surface area contributed by atoms with E-state index in [4.69, 9.17) is 9.47 Å². The molecule has 0 bridgehead atoms. The van der Waals surface area contributed by atoms with Crippen LogP contribution in [0.2, 0.25) is 0 Å². The molecule has 0 atom stereocenters. The van der Waals surface area contributed by atoms with Gasteiger partial charge in [-0.3, -0.25) is 0 Å². The summed E-state index contributed by atoms with van der Waals surface area (Å²) in [6.07, 6.45) is 0. The Kier molecular flexibility index (Phi) is 4.15. The molecule has 4 heteroatoms. The monoisotopic (exact) mass is 284 g/mol. The molecule has 1 N–H and O–H groups in total. The SMILES string of the molecule is COc1ccccc1OCCN1CCNc2ccccc21. The lowest BCUT2D eigenvalue weighted by Gasteiger charge is -2.31. The van der Waals surface area contributed by atoms with Crippen molar-refractivity contribution in [3.63, 3.8) is 0 Å². The van der Waals surface area contributed by atoms with Crippen LogP contribution < -0.4 is 19.7 Å². The van der Waals surface area contributed by atoms with Gasteiger partial charge in [0.1, 0.15) is 6.61 Å². The molecule has 2 aromatic rings. The van der Waals surface area contributed by atoms with Crippen LogP contribution in [0.1, 0.15) is 0 Å². The van der Waals surface area contributed by atoms with Crippen molar-refractivity contribution in [2.45, 2.75) is 0 Å². The van der Waals surface area contributed by atoms with E-state index in [-0.39, 0.29) is 0 Å². The zero-order chi connectivity index (χ0) is 14.5. The normalized spacial score (nSPS) is 13.3. The number of nitrogens with one attached hydrogen (secondary N) is 1. The van der Waals surface area contributed by atoms with E-state index in [1.165, 1.54) is 11.4 Å². The van der Waals surface area contributed by atoms with Crippen LogP contribution in [-0.4, -0.2) is 33.4 Å². The maximum atomic E-state index is 5.86. The van der Waals surface area contributed by atoms with Crippen LogP contribution in [0.15, 0.2) is 48.5 Å². The molecule has 1 aliphatic heterocycles. The number of ether oxygens (including phenoxy) is 2. The first-order valence-corrected chi connectivity index (χ1v) is 7.22. The third-order valence-corrected chi connectivity index (χ3v) is 3.63. The second kappa shape index (κ2) is 6.39. The predicted octanol–water partition coefficient (Wildman–Crippen LogP) is 3.01. The van der Waals surface area contributed by atoms with Gasteiger partial charge in [0.05, 0.1) is 25.0 Å². The van der Waals surface area contributed by atoms with Gasteiger partial charge in [-0.25, -0.2) is 0 Å². The maximum absolute atomic E-state index is 5.86. The average Bonchev–Trinajstić information content (AvgIpc) is 2.55. The van der Waals surface area contributed by atoms with Crippen molar-refractivity contribution in [1.82, 2.24) is 0 Å². The molecular formula is C17H20N2O2. The molecule has 0 saturated heterocycles. The van der Waals surface area contributed by atoms with Crippen LogP contribution in [0, 0.1) is 0 Å². The summed E-state index contributed by atoms with van der Waals surface area (Å²) in [6.45, 7) is 3.45. The van der Waals surface area contributed by atoms with Crippen LogP contribution in [0.4, 0.5) is 11.4 Å². The predicted molar refractivity (Wildman–Crippen MR) is 85.6 cm³/mol. The minimum Gasteiger partial charge on any atom is -0.493 e. The molecule has 3 rings (SSSR count). The van der Waals surface area contributed by atoms with Crippen LogP contribution in [-0.2, 0) is 0 Å². The summed E-state index contributed by atoms with van der Waals surface area (Å²) in [4.78, 5) is 2.35. The average molecular weight is 284 g/mol. The topological polar surface area (TPSA) is 33.7 Å². The maximum Gasteiger partial charge on any atom is 0.161 e. The Balaban J connectivity index is 1.61. The second-order valence-corrected chi connectivity index (χ2v) is 4.93. The number of hydrogen-bond acceptors (Lipinski definition) is 4. The van der Waals surface area contributed by atoms with Gasteiger partial charge in [0, 0.05) is 13.1 Å². The smallest absolute Gasteiger partial charge is 0.161 e. The summed E-state index contributed by atoms with van der Waals surface area (Å²) in [5, 5.41) is 3.42. The van der Waals surface area contributed by atoms with Crippen LogP contribution in [0.3, 0.4) is 0 Å². The molecule has 21 heavy (non-hydrogen) atoms. The molecule has 2 aromatic carbocycles. The Hall–Kier alpha value is -2.36. The number of anilines is 2. The van der Waals surface area contributed by atoms with E-state index < -0.39 is 0 Å². The highest BCUT2D eigenvalue weighted by atomic mass is 16.5. The third-order valence-electron chi connectivity index (χ3n) is 3.63. The van der Waals surface area contributed by atoms with Gasteiger partial charge in [0.25, 0.3) is 0 Å². The number of nitrogens with zero attached hydrogens (tertiary/aromatic N) is 1. The van der Waals surface area contributed by atoms with E-state index in [0.29, 0.717) is 6.61 Å². The first-order chi connectivity index (χ1) is 10.4. The quantitative estimate of drug-likeness (QED) is 0.915. The number of methoxy groups -OCH3 is 1. The number of hydrogen-bond donors (Lipinski definition) is 1. The summed E-state index contributed by atoms with van der Waals surface area (Å²) >= 11 is 0. The lowest BCUT2D eigenvalue weighted by atomic mass is 10.2. The third kappa shape index (κ3) is 3.05. The Bertz CT molecular complexity index is 601. The van der Waals surface area contributed by atoms with Gasteiger partial charge < -0.3 is 19.7 Å². The molecule has 0 spiro atoms. The Morgan fingerprint density at radius 2 is 1.81 bits per heavy atom.